The molecule has 0 unspecified atom stereocenters. The molecule has 3 rings (SSSR count). The number of carbonyl (C=O) groups excluding carboxylic acids is 2. The molecule has 0 aromatic heterocycles. The smallest absolute Gasteiger partial charge is 0.220 e. The van der Waals surface area contributed by atoms with E-state index in [9.17, 15) is 9.59 Å². The number of carbonyl (C=O) groups is 2. The van der Waals surface area contributed by atoms with Crippen LogP contribution in [0.2, 0.25) is 0 Å². The number of nitrogens with one attached hydrogen (secondary N) is 2. The average Bonchev–Trinajstić information content (AvgIpc) is 3.02. The van der Waals surface area contributed by atoms with E-state index in [1.165, 1.54) is 5.56 Å². The zero-order chi connectivity index (χ0) is 30.2. The summed E-state index contributed by atoms with van der Waals surface area (Å²) in [6, 6.07) is 19.9. The molecular formula is C34H44N2O6. The fourth-order valence-corrected chi connectivity index (χ4v) is 4.90. The van der Waals surface area contributed by atoms with Gasteiger partial charge in [-0.1, -0.05) is 36.4 Å². The van der Waals surface area contributed by atoms with Crippen LogP contribution in [0.5, 0.6) is 23.0 Å². The molecule has 2 N–H and O–H groups in total. The second kappa shape index (κ2) is 17.6. The third-order valence-corrected chi connectivity index (χ3v) is 7.17. The number of rotatable bonds is 18. The lowest BCUT2D eigenvalue weighted by molar-refractivity contribution is -0.123. The minimum absolute atomic E-state index is 0.00927. The summed E-state index contributed by atoms with van der Waals surface area (Å²) in [5.74, 6) is 2.89. The molecule has 0 spiro atoms. The first-order valence-electron chi connectivity index (χ1n) is 14.5. The molecule has 0 atom stereocenters. The van der Waals surface area contributed by atoms with Gasteiger partial charge in [-0.15, -0.1) is 0 Å². The molecule has 0 bridgehead atoms. The third kappa shape index (κ3) is 10.3. The van der Waals surface area contributed by atoms with Crippen molar-refractivity contribution in [3.63, 3.8) is 0 Å². The largest absolute Gasteiger partial charge is 0.497 e. The summed E-state index contributed by atoms with van der Waals surface area (Å²) in [5.41, 5.74) is 4.42. The molecule has 2 amide bonds. The van der Waals surface area contributed by atoms with Gasteiger partial charge in [0.2, 0.25) is 11.8 Å². The van der Waals surface area contributed by atoms with E-state index < -0.39 is 0 Å². The maximum atomic E-state index is 12.5. The Hall–Kier alpha value is -4.20. The van der Waals surface area contributed by atoms with Gasteiger partial charge < -0.3 is 29.6 Å². The van der Waals surface area contributed by atoms with Crippen LogP contribution in [-0.4, -0.2) is 53.3 Å². The van der Waals surface area contributed by atoms with Crippen molar-refractivity contribution in [3.8, 4) is 23.0 Å². The summed E-state index contributed by atoms with van der Waals surface area (Å²) >= 11 is 0. The monoisotopic (exact) mass is 576 g/mol. The van der Waals surface area contributed by atoms with Crippen LogP contribution in [0.15, 0.2) is 60.7 Å². The molecule has 0 aliphatic rings. The number of ether oxygens (including phenoxy) is 4. The van der Waals surface area contributed by atoms with Gasteiger partial charge in [-0.3, -0.25) is 9.59 Å². The first-order chi connectivity index (χ1) is 20.5. The molecule has 0 heterocycles. The normalized spacial score (nSPS) is 10.6. The predicted octanol–water partition coefficient (Wildman–Crippen LogP) is 5.08. The second-order valence-electron chi connectivity index (χ2n) is 10.1. The van der Waals surface area contributed by atoms with E-state index in [1.807, 2.05) is 48.5 Å². The van der Waals surface area contributed by atoms with Crippen molar-refractivity contribution >= 4 is 11.8 Å². The number of aryl methyl sites for hydroxylation is 1. The summed E-state index contributed by atoms with van der Waals surface area (Å²) in [5, 5.41) is 5.98. The van der Waals surface area contributed by atoms with Crippen molar-refractivity contribution in [3.05, 3.63) is 82.9 Å². The highest BCUT2D eigenvalue weighted by Crippen LogP contribution is 2.35. The lowest BCUT2D eigenvalue weighted by Crippen LogP contribution is -2.26. The average molecular weight is 577 g/mol. The van der Waals surface area contributed by atoms with Crippen LogP contribution in [0.25, 0.3) is 0 Å². The van der Waals surface area contributed by atoms with Gasteiger partial charge >= 0.3 is 0 Å². The van der Waals surface area contributed by atoms with Crippen LogP contribution >= 0.6 is 0 Å². The molecular weight excluding hydrogens is 532 g/mol. The van der Waals surface area contributed by atoms with Crippen LogP contribution in [0.4, 0.5) is 0 Å². The van der Waals surface area contributed by atoms with E-state index in [4.69, 9.17) is 18.9 Å². The summed E-state index contributed by atoms with van der Waals surface area (Å²) in [6.07, 6.45) is 5.11. The van der Waals surface area contributed by atoms with E-state index in [0.29, 0.717) is 63.1 Å². The van der Waals surface area contributed by atoms with Crippen LogP contribution in [0.1, 0.15) is 47.9 Å². The molecule has 0 saturated carbocycles. The maximum Gasteiger partial charge on any atom is 0.220 e. The highest BCUT2D eigenvalue weighted by atomic mass is 16.5. The standard InChI is InChI=1S/C34H44N2O6/c1-39-28-22-26(23-29(24-28)40-2)14-16-30-27(15-17-31(41-3)34(30)42-4)19-21-36-33(38)13-9-8-12-32(37)35-20-18-25-10-6-5-7-11-25/h5-7,10-11,15,17,22-24H,8-9,12-14,16,18-21H2,1-4H3,(H,35,37)(H,36,38). The Bertz CT molecular complexity index is 1260. The van der Waals surface area contributed by atoms with Gasteiger partial charge in [0, 0.05) is 37.6 Å². The Kier molecular flexibility index (Phi) is 13.5. The topological polar surface area (TPSA) is 95.1 Å². The second-order valence-corrected chi connectivity index (χ2v) is 10.1. The molecule has 8 nitrogen and oxygen atoms in total. The Balaban J connectivity index is 1.46. The van der Waals surface area contributed by atoms with Crippen molar-refractivity contribution in [1.82, 2.24) is 10.6 Å². The van der Waals surface area contributed by atoms with Gasteiger partial charge in [0.1, 0.15) is 11.5 Å². The maximum absolute atomic E-state index is 12.5. The highest BCUT2D eigenvalue weighted by Gasteiger charge is 2.16. The predicted molar refractivity (Wildman–Crippen MR) is 165 cm³/mol. The Morgan fingerprint density at radius 2 is 1.24 bits per heavy atom. The molecule has 8 heteroatoms. The lowest BCUT2D eigenvalue weighted by atomic mass is 9.96. The molecule has 3 aromatic carbocycles. The minimum atomic E-state index is -0.00927. The Morgan fingerprint density at radius 3 is 1.81 bits per heavy atom. The molecule has 0 aliphatic heterocycles. The molecule has 0 fully saturated rings. The number of methoxy groups -OCH3 is 4. The highest BCUT2D eigenvalue weighted by molar-refractivity contribution is 5.77. The molecule has 3 aromatic rings. The van der Waals surface area contributed by atoms with Gasteiger partial charge in [0.15, 0.2) is 11.5 Å². The quantitative estimate of drug-likeness (QED) is 0.205. The third-order valence-electron chi connectivity index (χ3n) is 7.17. The van der Waals surface area contributed by atoms with Crippen molar-refractivity contribution in [2.24, 2.45) is 0 Å². The van der Waals surface area contributed by atoms with Crippen molar-refractivity contribution in [2.75, 3.05) is 41.5 Å². The Morgan fingerprint density at radius 1 is 0.619 bits per heavy atom. The van der Waals surface area contributed by atoms with E-state index >= 15 is 0 Å². The summed E-state index contributed by atoms with van der Waals surface area (Å²) < 4.78 is 22.1. The van der Waals surface area contributed by atoms with Crippen molar-refractivity contribution < 1.29 is 28.5 Å². The SMILES string of the molecule is COc1cc(CCc2c(CCNC(=O)CCCCC(=O)NCCc3ccccc3)ccc(OC)c2OC)cc(OC)c1. The number of hydrogen-bond donors (Lipinski definition) is 2. The van der Waals surface area contributed by atoms with Crippen molar-refractivity contribution in [1.29, 1.82) is 0 Å². The molecule has 0 saturated heterocycles. The fraction of sp³-hybridized carbons (Fsp3) is 0.412. The zero-order valence-electron chi connectivity index (χ0n) is 25.3. The van der Waals surface area contributed by atoms with E-state index in [-0.39, 0.29) is 11.8 Å². The van der Waals surface area contributed by atoms with E-state index in [1.54, 1.807) is 28.4 Å². The fourth-order valence-electron chi connectivity index (χ4n) is 4.90. The molecule has 0 aliphatic carbocycles. The summed E-state index contributed by atoms with van der Waals surface area (Å²) in [6.45, 7) is 1.13. The number of hydrogen-bond acceptors (Lipinski definition) is 6. The lowest BCUT2D eigenvalue weighted by Gasteiger charge is -2.18. The van der Waals surface area contributed by atoms with Gasteiger partial charge in [-0.2, -0.15) is 0 Å². The number of benzene rings is 3. The summed E-state index contributed by atoms with van der Waals surface area (Å²) in [7, 11) is 6.55. The van der Waals surface area contributed by atoms with Gasteiger partial charge in [-0.25, -0.2) is 0 Å². The van der Waals surface area contributed by atoms with Gasteiger partial charge in [0.25, 0.3) is 0 Å². The van der Waals surface area contributed by atoms with E-state index in [0.717, 1.165) is 41.0 Å². The first kappa shape index (κ1) is 32.3. The molecule has 42 heavy (non-hydrogen) atoms. The zero-order valence-corrected chi connectivity index (χ0v) is 25.3. The van der Waals surface area contributed by atoms with E-state index in [2.05, 4.69) is 22.8 Å². The minimum Gasteiger partial charge on any atom is -0.497 e. The van der Waals surface area contributed by atoms with Crippen LogP contribution < -0.4 is 29.6 Å². The number of amides is 2. The van der Waals surface area contributed by atoms with Gasteiger partial charge in [-0.05, 0) is 73.4 Å². The summed E-state index contributed by atoms with van der Waals surface area (Å²) in [4.78, 5) is 24.6. The van der Waals surface area contributed by atoms with Crippen LogP contribution in [-0.2, 0) is 35.3 Å². The molecule has 226 valence electrons. The van der Waals surface area contributed by atoms with Crippen molar-refractivity contribution in [2.45, 2.75) is 51.4 Å². The van der Waals surface area contributed by atoms with Crippen LogP contribution in [0, 0.1) is 0 Å². The molecule has 0 radical (unpaired) electrons. The first-order valence-corrected chi connectivity index (χ1v) is 14.5. The number of unbranched alkanes of at least 4 members (excludes halogenated alkanes) is 1. The van der Waals surface area contributed by atoms with Crippen LogP contribution in [0.3, 0.4) is 0 Å². The Labute approximate surface area is 249 Å². The van der Waals surface area contributed by atoms with Gasteiger partial charge in [0.05, 0.1) is 28.4 Å².